The molecular weight excluding hydrogens is 420 g/mol. The third-order valence-electron chi connectivity index (χ3n) is 6.01. The average Bonchev–Trinajstić information content (AvgIpc) is 3.57. The number of fused-ring (bicyclic) bond motifs is 1. The van der Waals surface area contributed by atoms with Gasteiger partial charge < -0.3 is 24.1 Å². The Morgan fingerprint density at radius 1 is 1.15 bits per heavy atom. The number of methoxy groups -OCH3 is 1. The summed E-state index contributed by atoms with van der Waals surface area (Å²) in [6, 6.07) is 17.4. The third kappa shape index (κ3) is 3.57. The second-order valence-electron chi connectivity index (χ2n) is 7.86. The second-order valence-corrected chi connectivity index (χ2v) is 7.86. The summed E-state index contributed by atoms with van der Waals surface area (Å²) in [6.45, 7) is 0.307. The number of hydrogen-bond acceptors (Lipinski definition) is 5. The Morgan fingerprint density at radius 2 is 1.97 bits per heavy atom. The molecule has 4 aromatic rings. The van der Waals surface area contributed by atoms with Crippen LogP contribution in [-0.2, 0) is 11.2 Å². The number of aromatic amines is 1. The van der Waals surface area contributed by atoms with E-state index < -0.39 is 23.5 Å². The largest absolute Gasteiger partial charge is 0.503 e. The van der Waals surface area contributed by atoms with Crippen molar-refractivity contribution in [2.24, 2.45) is 0 Å². The minimum atomic E-state index is -0.712. The van der Waals surface area contributed by atoms with Crippen LogP contribution in [0.4, 0.5) is 0 Å². The van der Waals surface area contributed by atoms with E-state index in [9.17, 15) is 14.7 Å². The number of H-pyrrole nitrogens is 1. The van der Waals surface area contributed by atoms with E-state index in [1.165, 1.54) is 12.3 Å². The second kappa shape index (κ2) is 8.35. The van der Waals surface area contributed by atoms with Gasteiger partial charge in [0.2, 0.25) is 5.78 Å². The molecular formula is C26H22N2O5. The molecule has 3 heterocycles. The number of ketones is 1. The molecule has 1 aliphatic heterocycles. The van der Waals surface area contributed by atoms with Crippen molar-refractivity contribution in [3.63, 3.8) is 0 Å². The van der Waals surface area contributed by atoms with Gasteiger partial charge >= 0.3 is 0 Å². The zero-order chi connectivity index (χ0) is 22.9. The third-order valence-corrected chi connectivity index (χ3v) is 6.01. The van der Waals surface area contributed by atoms with E-state index in [0.717, 1.165) is 27.8 Å². The number of carbonyl (C=O) groups excluding carboxylic acids is 2. The molecule has 0 aliphatic carbocycles. The van der Waals surface area contributed by atoms with E-state index in [0.29, 0.717) is 13.0 Å². The molecule has 0 saturated carbocycles. The molecule has 0 spiro atoms. The van der Waals surface area contributed by atoms with E-state index in [2.05, 4.69) is 4.98 Å². The number of aliphatic hydroxyl groups excluding tert-OH is 1. The molecule has 2 aromatic heterocycles. The van der Waals surface area contributed by atoms with Gasteiger partial charge in [-0.15, -0.1) is 0 Å². The van der Waals surface area contributed by atoms with Crippen LogP contribution >= 0.6 is 0 Å². The lowest BCUT2D eigenvalue weighted by molar-refractivity contribution is -0.129. The fourth-order valence-electron chi connectivity index (χ4n) is 4.37. The first-order valence-corrected chi connectivity index (χ1v) is 10.6. The molecule has 1 amide bonds. The van der Waals surface area contributed by atoms with E-state index >= 15 is 0 Å². The van der Waals surface area contributed by atoms with Gasteiger partial charge in [0, 0.05) is 23.6 Å². The zero-order valence-corrected chi connectivity index (χ0v) is 17.9. The minimum Gasteiger partial charge on any atom is -0.503 e. The predicted octanol–water partition coefficient (Wildman–Crippen LogP) is 4.59. The van der Waals surface area contributed by atoms with Crippen LogP contribution in [0.15, 0.2) is 88.9 Å². The highest BCUT2D eigenvalue weighted by Gasteiger charge is 2.44. The quantitative estimate of drug-likeness (QED) is 0.408. The van der Waals surface area contributed by atoms with Crippen LogP contribution in [-0.4, -0.2) is 40.3 Å². The van der Waals surface area contributed by atoms with Crippen LogP contribution < -0.4 is 4.74 Å². The molecule has 166 valence electrons. The fraction of sp³-hybridized carbons (Fsp3) is 0.154. The lowest BCUT2D eigenvalue weighted by Crippen LogP contribution is -2.33. The van der Waals surface area contributed by atoms with Gasteiger partial charge in [0.05, 0.1) is 25.0 Å². The van der Waals surface area contributed by atoms with Crippen molar-refractivity contribution < 1.29 is 23.8 Å². The molecule has 2 aromatic carbocycles. The van der Waals surface area contributed by atoms with Crippen molar-refractivity contribution in [1.82, 2.24) is 9.88 Å². The molecule has 33 heavy (non-hydrogen) atoms. The number of furan rings is 1. The number of hydrogen-bond donors (Lipinski definition) is 2. The summed E-state index contributed by atoms with van der Waals surface area (Å²) in [6.07, 6.45) is 3.82. The smallest absolute Gasteiger partial charge is 0.290 e. The Bertz CT molecular complexity index is 1350. The summed E-state index contributed by atoms with van der Waals surface area (Å²) in [5.74, 6) is -0.787. The summed E-state index contributed by atoms with van der Waals surface area (Å²) < 4.78 is 10.6. The fourth-order valence-corrected chi connectivity index (χ4v) is 4.37. The van der Waals surface area contributed by atoms with Gasteiger partial charge in [0.1, 0.15) is 5.75 Å². The van der Waals surface area contributed by atoms with Gasteiger partial charge in [-0.05, 0) is 47.9 Å². The number of amides is 1. The van der Waals surface area contributed by atoms with Gasteiger partial charge in [-0.25, -0.2) is 0 Å². The lowest BCUT2D eigenvalue weighted by atomic mass is 9.95. The maximum absolute atomic E-state index is 13.2. The molecule has 0 fully saturated rings. The van der Waals surface area contributed by atoms with Gasteiger partial charge in [0.15, 0.2) is 11.5 Å². The van der Waals surface area contributed by atoms with E-state index in [1.807, 2.05) is 54.7 Å². The Kier molecular flexibility index (Phi) is 5.22. The first kappa shape index (κ1) is 20.6. The summed E-state index contributed by atoms with van der Waals surface area (Å²) in [7, 11) is 1.62. The number of Topliss-reactive ketones (excluding diaryl/α,β-unsaturated/α-hetero) is 1. The van der Waals surface area contributed by atoms with Crippen molar-refractivity contribution in [2.45, 2.75) is 12.5 Å². The molecule has 1 atom stereocenters. The molecule has 1 aliphatic rings. The number of nitrogens with zero attached hydrogens (tertiary/aromatic N) is 1. The average molecular weight is 442 g/mol. The van der Waals surface area contributed by atoms with E-state index in [-0.39, 0.29) is 11.3 Å². The van der Waals surface area contributed by atoms with Crippen molar-refractivity contribution in [3.05, 3.63) is 101 Å². The van der Waals surface area contributed by atoms with Crippen molar-refractivity contribution in [2.75, 3.05) is 13.7 Å². The summed E-state index contributed by atoms with van der Waals surface area (Å²) in [5.41, 5.74) is 2.74. The first-order valence-electron chi connectivity index (χ1n) is 10.6. The Balaban J connectivity index is 1.49. The van der Waals surface area contributed by atoms with Gasteiger partial charge in [-0.1, -0.05) is 30.3 Å². The monoisotopic (exact) mass is 442 g/mol. The maximum atomic E-state index is 13.2. The molecule has 0 bridgehead atoms. The molecule has 5 rings (SSSR count). The SMILES string of the molecule is COc1ccc2[nH]cc(CCN3C(=O)C(O)=C(C(=O)c4ccco4)[C@H]3c3ccccc3)c2c1. The minimum absolute atomic E-state index is 0.0294. The molecule has 0 unspecified atom stereocenters. The Hall–Kier alpha value is -4.26. The van der Waals surface area contributed by atoms with Gasteiger partial charge in [0.25, 0.3) is 5.91 Å². The maximum Gasteiger partial charge on any atom is 0.290 e. The number of nitrogens with one attached hydrogen (secondary N) is 1. The van der Waals surface area contributed by atoms with Crippen LogP contribution in [0, 0.1) is 0 Å². The van der Waals surface area contributed by atoms with Gasteiger partial charge in [-0.2, -0.15) is 0 Å². The highest BCUT2D eigenvalue weighted by atomic mass is 16.5. The first-order chi connectivity index (χ1) is 16.1. The van der Waals surface area contributed by atoms with Crippen LogP contribution in [0.3, 0.4) is 0 Å². The molecule has 0 saturated heterocycles. The number of ether oxygens (including phenoxy) is 1. The van der Waals surface area contributed by atoms with Crippen LogP contribution in [0.25, 0.3) is 10.9 Å². The molecule has 7 nitrogen and oxygen atoms in total. The standard InChI is InChI=1S/C26H22N2O5/c1-32-18-9-10-20-19(14-18)17(15-27-20)11-12-28-23(16-6-3-2-4-7-16)22(25(30)26(28)31)24(29)21-8-5-13-33-21/h2-10,13-15,23,27,30H,11-12H2,1H3/t23-/m1/s1. The highest BCUT2D eigenvalue weighted by Crippen LogP contribution is 2.39. The molecule has 0 radical (unpaired) electrons. The lowest BCUT2D eigenvalue weighted by Gasteiger charge is -2.26. The highest BCUT2D eigenvalue weighted by molar-refractivity contribution is 6.15. The van der Waals surface area contributed by atoms with Gasteiger partial charge in [-0.3, -0.25) is 9.59 Å². The van der Waals surface area contributed by atoms with E-state index in [4.69, 9.17) is 9.15 Å². The van der Waals surface area contributed by atoms with Crippen molar-refractivity contribution in [3.8, 4) is 5.75 Å². The number of rotatable bonds is 7. The van der Waals surface area contributed by atoms with Crippen molar-refractivity contribution in [1.29, 1.82) is 0 Å². The number of carbonyl (C=O) groups is 2. The van der Waals surface area contributed by atoms with Crippen LogP contribution in [0.5, 0.6) is 5.75 Å². The Labute approximate surface area is 189 Å². The topological polar surface area (TPSA) is 95.8 Å². The summed E-state index contributed by atoms with van der Waals surface area (Å²) in [4.78, 5) is 31.0. The Morgan fingerprint density at radius 3 is 2.70 bits per heavy atom. The normalized spacial score (nSPS) is 16.1. The summed E-state index contributed by atoms with van der Waals surface area (Å²) >= 11 is 0. The molecule has 7 heteroatoms. The van der Waals surface area contributed by atoms with Crippen molar-refractivity contribution >= 4 is 22.6 Å². The molecule has 2 N–H and O–H groups in total. The van der Waals surface area contributed by atoms with Crippen LogP contribution in [0.2, 0.25) is 0 Å². The predicted molar refractivity (Wildman–Crippen MR) is 122 cm³/mol. The number of benzene rings is 2. The van der Waals surface area contributed by atoms with E-state index in [1.54, 1.807) is 18.1 Å². The summed E-state index contributed by atoms with van der Waals surface area (Å²) in [5, 5.41) is 11.7. The number of aliphatic hydroxyl groups is 1. The zero-order valence-electron chi connectivity index (χ0n) is 17.9. The van der Waals surface area contributed by atoms with Crippen LogP contribution in [0.1, 0.15) is 27.7 Å². The number of aromatic nitrogens is 1.